The van der Waals surface area contributed by atoms with Crippen LogP contribution in [0, 0.1) is 0 Å². The third kappa shape index (κ3) is 4.31. The fraction of sp³-hybridized carbons (Fsp3) is 0.238. The van der Waals surface area contributed by atoms with Crippen LogP contribution in [0.15, 0.2) is 53.7 Å². The summed E-state index contributed by atoms with van der Waals surface area (Å²) in [4.78, 5) is 43.1. The first-order chi connectivity index (χ1) is 13.4. The maximum absolute atomic E-state index is 13.1. The maximum Gasteiger partial charge on any atom is 0.268 e. The Balaban J connectivity index is 1.95. The first kappa shape index (κ1) is 19.8. The largest absolute Gasteiger partial charge is 0.326 e. The summed E-state index contributed by atoms with van der Waals surface area (Å²) < 4.78 is 0. The summed E-state index contributed by atoms with van der Waals surface area (Å²) in [5, 5.41) is 2.85. The number of amides is 3. The summed E-state index contributed by atoms with van der Waals surface area (Å²) in [5.74, 6) is -0.768. The highest BCUT2D eigenvalue weighted by molar-refractivity contribution is 8.04. The van der Waals surface area contributed by atoms with Crippen LogP contribution in [0.2, 0.25) is 0 Å². The number of benzene rings is 1. The number of aromatic nitrogens is 1. The summed E-state index contributed by atoms with van der Waals surface area (Å²) >= 11 is 1.39. The Hall–Kier alpha value is -2.93. The molecule has 0 atom stereocenters. The van der Waals surface area contributed by atoms with Gasteiger partial charge in [0.2, 0.25) is 5.91 Å². The second-order valence-electron chi connectivity index (χ2n) is 6.69. The van der Waals surface area contributed by atoms with Crippen molar-refractivity contribution in [1.82, 2.24) is 9.88 Å². The molecule has 0 spiro atoms. The molecule has 0 saturated heterocycles. The average Bonchev–Trinajstić information content (AvgIpc) is 2.87. The minimum Gasteiger partial charge on any atom is -0.326 e. The van der Waals surface area contributed by atoms with Crippen molar-refractivity contribution in [2.75, 3.05) is 5.32 Å². The van der Waals surface area contributed by atoms with Crippen molar-refractivity contribution in [1.29, 1.82) is 0 Å². The molecule has 1 N–H and O–H groups in total. The summed E-state index contributed by atoms with van der Waals surface area (Å²) in [6.07, 6.45) is 3.30. The van der Waals surface area contributed by atoms with E-state index in [9.17, 15) is 14.4 Å². The van der Waals surface area contributed by atoms with E-state index in [0.717, 1.165) is 5.56 Å². The van der Waals surface area contributed by atoms with Crippen LogP contribution < -0.4 is 5.32 Å². The van der Waals surface area contributed by atoms with Gasteiger partial charge in [-0.05, 0) is 29.3 Å². The lowest BCUT2D eigenvalue weighted by Gasteiger charge is -2.15. The molecule has 3 amide bonds. The second-order valence-corrected chi connectivity index (χ2v) is 8.27. The number of pyridine rings is 1. The third-order valence-electron chi connectivity index (χ3n) is 4.04. The lowest BCUT2D eigenvalue weighted by Crippen LogP contribution is -2.31. The van der Waals surface area contributed by atoms with Crippen molar-refractivity contribution in [3.8, 4) is 0 Å². The predicted octanol–water partition coefficient (Wildman–Crippen LogP) is 3.46. The van der Waals surface area contributed by atoms with E-state index in [-0.39, 0.29) is 29.5 Å². The number of anilines is 1. The number of carbonyl (C=O) groups excluding carboxylic acids is 3. The van der Waals surface area contributed by atoms with E-state index in [4.69, 9.17) is 0 Å². The lowest BCUT2D eigenvalue weighted by molar-refractivity contribution is -0.137. The van der Waals surface area contributed by atoms with Gasteiger partial charge in [0.1, 0.15) is 0 Å². The zero-order chi connectivity index (χ0) is 20.3. The van der Waals surface area contributed by atoms with Gasteiger partial charge in [-0.3, -0.25) is 24.3 Å². The van der Waals surface area contributed by atoms with Gasteiger partial charge >= 0.3 is 0 Å². The van der Waals surface area contributed by atoms with Gasteiger partial charge in [0.15, 0.2) is 0 Å². The zero-order valence-electron chi connectivity index (χ0n) is 15.9. The molecule has 1 aromatic heterocycles. The van der Waals surface area contributed by atoms with Gasteiger partial charge in [0.05, 0.1) is 17.0 Å². The van der Waals surface area contributed by atoms with Crippen LogP contribution in [0.3, 0.4) is 0 Å². The van der Waals surface area contributed by atoms with Gasteiger partial charge in [0.25, 0.3) is 11.8 Å². The minimum absolute atomic E-state index is 0.152. The molecule has 0 saturated carbocycles. The van der Waals surface area contributed by atoms with E-state index < -0.39 is 0 Å². The molecule has 1 aliphatic rings. The fourth-order valence-electron chi connectivity index (χ4n) is 2.89. The smallest absolute Gasteiger partial charge is 0.268 e. The number of hydrogen-bond acceptors (Lipinski definition) is 5. The first-order valence-corrected chi connectivity index (χ1v) is 9.79. The highest BCUT2D eigenvalue weighted by atomic mass is 32.2. The molecule has 1 aliphatic heterocycles. The van der Waals surface area contributed by atoms with Crippen molar-refractivity contribution in [2.45, 2.75) is 32.6 Å². The Morgan fingerprint density at radius 2 is 1.86 bits per heavy atom. The molecule has 2 heterocycles. The van der Waals surface area contributed by atoms with Crippen molar-refractivity contribution in [2.24, 2.45) is 0 Å². The van der Waals surface area contributed by atoms with Crippen LogP contribution in [0.1, 0.15) is 31.9 Å². The SMILES string of the molecule is CC(=O)Nc1ccc(C2=C(SC(C)C)C(=O)N(Cc3cccnc3)C2=O)cc1. The Bertz CT molecular complexity index is 937. The molecule has 28 heavy (non-hydrogen) atoms. The molecular formula is C21H21N3O3S. The van der Waals surface area contributed by atoms with E-state index in [1.165, 1.54) is 23.6 Å². The van der Waals surface area contributed by atoms with E-state index in [0.29, 0.717) is 21.7 Å². The summed E-state index contributed by atoms with van der Waals surface area (Å²) in [5.41, 5.74) is 2.49. The molecule has 0 bridgehead atoms. The summed E-state index contributed by atoms with van der Waals surface area (Å²) in [6, 6.07) is 10.6. The molecule has 2 aromatic rings. The minimum atomic E-state index is -0.315. The Kier molecular flexibility index (Phi) is 5.94. The summed E-state index contributed by atoms with van der Waals surface area (Å²) in [7, 11) is 0. The monoisotopic (exact) mass is 395 g/mol. The first-order valence-electron chi connectivity index (χ1n) is 8.91. The van der Waals surface area contributed by atoms with Crippen LogP contribution >= 0.6 is 11.8 Å². The highest BCUT2D eigenvalue weighted by Gasteiger charge is 2.39. The molecule has 0 fully saturated rings. The van der Waals surface area contributed by atoms with Gasteiger partial charge in [-0.1, -0.05) is 32.0 Å². The number of hydrogen-bond donors (Lipinski definition) is 1. The highest BCUT2D eigenvalue weighted by Crippen LogP contribution is 2.38. The topological polar surface area (TPSA) is 79.4 Å². The lowest BCUT2D eigenvalue weighted by atomic mass is 10.1. The number of imide groups is 1. The average molecular weight is 395 g/mol. The molecule has 6 nitrogen and oxygen atoms in total. The molecule has 3 rings (SSSR count). The van der Waals surface area contributed by atoms with E-state index >= 15 is 0 Å². The Morgan fingerprint density at radius 1 is 1.14 bits per heavy atom. The quantitative estimate of drug-likeness (QED) is 0.758. The maximum atomic E-state index is 13.1. The van der Waals surface area contributed by atoms with E-state index in [1.54, 1.807) is 42.7 Å². The zero-order valence-corrected chi connectivity index (χ0v) is 16.7. The Labute approximate surface area is 168 Å². The molecule has 0 aliphatic carbocycles. The van der Waals surface area contributed by atoms with Crippen molar-refractivity contribution < 1.29 is 14.4 Å². The molecule has 0 radical (unpaired) electrons. The molecule has 0 unspecified atom stereocenters. The van der Waals surface area contributed by atoms with Gasteiger partial charge in [-0.15, -0.1) is 11.8 Å². The third-order valence-corrected chi connectivity index (χ3v) is 5.12. The molecule has 1 aromatic carbocycles. The van der Waals surface area contributed by atoms with Crippen LogP contribution in [0.5, 0.6) is 0 Å². The van der Waals surface area contributed by atoms with E-state index in [1.807, 2.05) is 19.9 Å². The number of rotatable bonds is 6. The molecule has 7 heteroatoms. The van der Waals surface area contributed by atoms with Gasteiger partial charge in [0, 0.05) is 30.3 Å². The fourth-order valence-corrected chi connectivity index (χ4v) is 3.90. The number of nitrogens with zero attached hydrogens (tertiary/aromatic N) is 2. The van der Waals surface area contributed by atoms with Crippen molar-refractivity contribution >= 4 is 40.7 Å². The number of thioether (sulfide) groups is 1. The summed E-state index contributed by atoms with van der Waals surface area (Å²) in [6.45, 7) is 5.58. The number of carbonyl (C=O) groups is 3. The normalized spacial score (nSPS) is 14.2. The van der Waals surface area contributed by atoms with Gasteiger partial charge in [-0.25, -0.2) is 0 Å². The van der Waals surface area contributed by atoms with Crippen LogP contribution in [0.25, 0.3) is 5.57 Å². The van der Waals surface area contributed by atoms with Crippen LogP contribution in [0.4, 0.5) is 5.69 Å². The van der Waals surface area contributed by atoms with Crippen LogP contribution in [-0.4, -0.2) is 32.9 Å². The van der Waals surface area contributed by atoms with Crippen molar-refractivity contribution in [3.63, 3.8) is 0 Å². The van der Waals surface area contributed by atoms with Gasteiger partial charge < -0.3 is 5.32 Å². The number of nitrogens with one attached hydrogen (secondary N) is 1. The molecule has 144 valence electrons. The van der Waals surface area contributed by atoms with Crippen LogP contribution in [-0.2, 0) is 20.9 Å². The second kappa shape index (κ2) is 8.39. The predicted molar refractivity (Wildman–Crippen MR) is 110 cm³/mol. The Morgan fingerprint density at radius 3 is 2.43 bits per heavy atom. The molecular weight excluding hydrogens is 374 g/mol. The standard InChI is InChI=1S/C21H21N3O3S/c1-13(2)28-19-18(16-6-8-17(9-7-16)23-14(3)25)20(26)24(21(19)27)12-15-5-4-10-22-11-15/h4-11,13H,12H2,1-3H3,(H,23,25). The van der Waals surface area contributed by atoms with Gasteiger partial charge in [-0.2, -0.15) is 0 Å². The van der Waals surface area contributed by atoms with Crippen molar-refractivity contribution in [3.05, 3.63) is 64.8 Å². The van der Waals surface area contributed by atoms with E-state index in [2.05, 4.69) is 10.3 Å².